The van der Waals surface area contributed by atoms with Crippen LogP contribution in [0.25, 0.3) is 0 Å². The number of hydrogen-bond acceptors (Lipinski definition) is 6. The molecule has 21 heavy (non-hydrogen) atoms. The Morgan fingerprint density at radius 2 is 1.95 bits per heavy atom. The van der Waals surface area contributed by atoms with Crippen molar-refractivity contribution in [1.82, 2.24) is 4.72 Å². The SMILES string of the molecule is CC1(NS(=O)(=O)c2ccc([N+](=O)[O-])c(NN)c2)CCCC1. The molecule has 0 atom stereocenters. The standard InChI is InChI=1S/C12H18N4O4S/c1-12(6-2-3-7-12)15-21(19,20)9-4-5-11(16(17)18)10(8-9)14-13/h4-5,8,14-15H,2-3,6-7,13H2,1H3. The zero-order valence-electron chi connectivity index (χ0n) is 11.6. The molecule has 4 N–H and O–H groups in total. The van der Waals surface area contributed by atoms with Crippen LogP contribution in [0.5, 0.6) is 0 Å². The Kier molecular flexibility index (Phi) is 4.17. The monoisotopic (exact) mass is 314 g/mol. The third-order valence-corrected chi connectivity index (χ3v) is 5.35. The van der Waals surface area contributed by atoms with E-state index in [1.54, 1.807) is 0 Å². The molecular formula is C12H18N4O4S. The van der Waals surface area contributed by atoms with Crippen LogP contribution in [0.4, 0.5) is 11.4 Å². The number of nitrogen functional groups attached to an aromatic ring is 1. The van der Waals surface area contributed by atoms with Crippen molar-refractivity contribution in [1.29, 1.82) is 0 Å². The maximum atomic E-state index is 12.4. The average molecular weight is 314 g/mol. The van der Waals surface area contributed by atoms with Gasteiger partial charge in [-0.3, -0.25) is 16.0 Å². The number of sulfonamides is 1. The second-order valence-electron chi connectivity index (χ2n) is 5.45. The van der Waals surface area contributed by atoms with Gasteiger partial charge in [0.05, 0.1) is 9.82 Å². The molecule has 8 nitrogen and oxygen atoms in total. The molecule has 1 aromatic rings. The number of benzene rings is 1. The number of anilines is 1. The number of nitro benzene ring substituents is 1. The summed E-state index contributed by atoms with van der Waals surface area (Å²) in [5, 5.41) is 10.8. The molecule has 1 aliphatic rings. The average Bonchev–Trinajstić information content (AvgIpc) is 2.83. The molecule has 116 valence electrons. The molecule has 1 aliphatic carbocycles. The normalized spacial score (nSPS) is 17.6. The molecule has 1 saturated carbocycles. The number of hydrazine groups is 1. The molecule has 0 aromatic heterocycles. The summed E-state index contributed by atoms with van der Waals surface area (Å²) >= 11 is 0. The van der Waals surface area contributed by atoms with Gasteiger partial charge in [-0.15, -0.1) is 0 Å². The van der Waals surface area contributed by atoms with Gasteiger partial charge in [0.2, 0.25) is 10.0 Å². The molecule has 9 heteroatoms. The fourth-order valence-electron chi connectivity index (χ4n) is 2.60. The van der Waals surface area contributed by atoms with Gasteiger partial charge in [-0.1, -0.05) is 12.8 Å². The first-order valence-corrected chi connectivity index (χ1v) is 8.05. The third-order valence-electron chi connectivity index (χ3n) is 3.72. The van der Waals surface area contributed by atoms with E-state index in [0.29, 0.717) is 0 Å². The van der Waals surface area contributed by atoms with Crippen molar-refractivity contribution in [3.05, 3.63) is 28.3 Å². The van der Waals surface area contributed by atoms with Gasteiger partial charge in [0, 0.05) is 11.6 Å². The first kappa shape index (κ1) is 15.7. The van der Waals surface area contributed by atoms with E-state index in [9.17, 15) is 18.5 Å². The first-order chi connectivity index (χ1) is 9.77. The van der Waals surface area contributed by atoms with Gasteiger partial charge >= 0.3 is 0 Å². The van der Waals surface area contributed by atoms with Gasteiger partial charge in [-0.25, -0.2) is 13.1 Å². The minimum atomic E-state index is -3.75. The Morgan fingerprint density at radius 3 is 2.48 bits per heavy atom. The number of hydrogen-bond donors (Lipinski definition) is 3. The molecular weight excluding hydrogens is 296 g/mol. The largest absolute Gasteiger partial charge is 0.318 e. The lowest BCUT2D eigenvalue weighted by Crippen LogP contribution is -2.43. The molecule has 2 rings (SSSR count). The third kappa shape index (κ3) is 3.31. The lowest BCUT2D eigenvalue weighted by atomic mass is 10.0. The maximum absolute atomic E-state index is 12.4. The second-order valence-corrected chi connectivity index (χ2v) is 7.14. The highest BCUT2D eigenvalue weighted by Crippen LogP contribution is 2.32. The van der Waals surface area contributed by atoms with Gasteiger partial charge in [-0.05, 0) is 31.9 Å². The summed E-state index contributed by atoms with van der Waals surface area (Å²) < 4.78 is 27.5. The number of nitrogens with one attached hydrogen (secondary N) is 2. The van der Waals surface area contributed by atoms with Crippen molar-refractivity contribution in [2.45, 2.75) is 43.0 Å². The number of nitrogens with zero attached hydrogens (tertiary/aromatic N) is 1. The molecule has 1 fully saturated rings. The number of nitrogens with two attached hydrogens (primary N) is 1. The predicted molar refractivity (Wildman–Crippen MR) is 78.1 cm³/mol. The lowest BCUT2D eigenvalue weighted by Gasteiger charge is -2.25. The Hall–Kier alpha value is -1.71. The van der Waals surface area contributed by atoms with Crippen molar-refractivity contribution in [3.63, 3.8) is 0 Å². The molecule has 0 unspecified atom stereocenters. The minimum absolute atomic E-state index is 0.0422. The Labute approximate surface area is 122 Å². The smallest absolute Gasteiger partial charge is 0.293 e. The molecule has 0 heterocycles. The van der Waals surface area contributed by atoms with Crippen molar-refractivity contribution >= 4 is 21.4 Å². The van der Waals surface area contributed by atoms with E-state index in [2.05, 4.69) is 10.1 Å². The van der Waals surface area contributed by atoms with Crippen molar-refractivity contribution in [2.75, 3.05) is 5.43 Å². The molecule has 0 spiro atoms. The van der Waals surface area contributed by atoms with Crippen LogP contribution < -0.4 is 16.0 Å². The van der Waals surface area contributed by atoms with Crippen LogP contribution in [-0.2, 0) is 10.0 Å². The summed E-state index contributed by atoms with van der Waals surface area (Å²) in [4.78, 5) is 10.1. The van der Waals surface area contributed by atoms with Crippen LogP contribution in [0.1, 0.15) is 32.6 Å². The summed E-state index contributed by atoms with van der Waals surface area (Å²) in [5.74, 6) is 5.22. The highest BCUT2D eigenvalue weighted by molar-refractivity contribution is 7.89. The fraction of sp³-hybridized carbons (Fsp3) is 0.500. The fourth-order valence-corrected chi connectivity index (χ4v) is 4.09. The highest BCUT2D eigenvalue weighted by atomic mass is 32.2. The van der Waals surface area contributed by atoms with E-state index in [1.165, 1.54) is 12.1 Å². The lowest BCUT2D eigenvalue weighted by molar-refractivity contribution is -0.384. The topological polar surface area (TPSA) is 127 Å². The zero-order valence-corrected chi connectivity index (χ0v) is 12.4. The zero-order chi connectivity index (χ0) is 15.7. The molecule has 0 bridgehead atoms. The van der Waals surface area contributed by atoms with Gasteiger partial charge in [0.1, 0.15) is 5.69 Å². The molecule has 0 aliphatic heterocycles. The van der Waals surface area contributed by atoms with E-state index < -0.39 is 20.5 Å². The molecule has 0 saturated heterocycles. The van der Waals surface area contributed by atoms with Crippen molar-refractivity contribution < 1.29 is 13.3 Å². The van der Waals surface area contributed by atoms with Crippen molar-refractivity contribution in [3.8, 4) is 0 Å². The number of rotatable bonds is 5. The van der Waals surface area contributed by atoms with E-state index in [-0.39, 0.29) is 16.3 Å². The van der Waals surface area contributed by atoms with Gasteiger partial charge in [-0.2, -0.15) is 0 Å². The van der Waals surface area contributed by atoms with E-state index in [1.807, 2.05) is 6.92 Å². The quantitative estimate of drug-likeness (QED) is 0.429. The van der Waals surface area contributed by atoms with Gasteiger partial charge < -0.3 is 5.43 Å². The van der Waals surface area contributed by atoms with E-state index in [0.717, 1.165) is 31.7 Å². The predicted octanol–water partition coefficient (Wildman–Crippen LogP) is 1.49. The summed E-state index contributed by atoms with van der Waals surface area (Å²) in [5.41, 5.74) is 1.38. The molecule has 0 amide bonds. The molecule has 0 radical (unpaired) electrons. The van der Waals surface area contributed by atoms with Crippen LogP contribution in [0.2, 0.25) is 0 Å². The van der Waals surface area contributed by atoms with Crippen molar-refractivity contribution in [2.24, 2.45) is 5.84 Å². The highest BCUT2D eigenvalue weighted by Gasteiger charge is 2.34. The summed E-state index contributed by atoms with van der Waals surface area (Å²) in [6.45, 7) is 1.87. The van der Waals surface area contributed by atoms with Gasteiger partial charge in [0.15, 0.2) is 0 Å². The van der Waals surface area contributed by atoms with Crippen LogP contribution in [-0.4, -0.2) is 18.9 Å². The van der Waals surface area contributed by atoms with Crippen LogP contribution in [0.15, 0.2) is 23.1 Å². The second kappa shape index (κ2) is 5.58. The minimum Gasteiger partial charge on any atom is -0.318 e. The maximum Gasteiger partial charge on any atom is 0.293 e. The number of nitro groups is 1. The van der Waals surface area contributed by atoms with Crippen LogP contribution in [0, 0.1) is 10.1 Å². The Bertz CT molecular complexity index is 653. The Morgan fingerprint density at radius 1 is 1.33 bits per heavy atom. The molecule has 1 aromatic carbocycles. The van der Waals surface area contributed by atoms with E-state index in [4.69, 9.17) is 5.84 Å². The summed E-state index contributed by atoms with van der Waals surface area (Å²) in [6, 6.07) is 3.50. The van der Waals surface area contributed by atoms with Crippen LogP contribution in [0.3, 0.4) is 0 Å². The van der Waals surface area contributed by atoms with Crippen LogP contribution >= 0.6 is 0 Å². The van der Waals surface area contributed by atoms with Gasteiger partial charge in [0.25, 0.3) is 5.69 Å². The van der Waals surface area contributed by atoms with E-state index >= 15 is 0 Å². The first-order valence-electron chi connectivity index (χ1n) is 6.56. The summed E-state index contributed by atoms with van der Waals surface area (Å²) in [6.07, 6.45) is 3.52. The Balaban J connectivity index is 2.34. The summed E-state index contributed by atoms with van der Waals surface area (Å²) in [7, 11) is -3.75.